The largest absolute Gasteiger partial charge is 1.00 e. The van der Waals surface area contributed by atoms with Crippen LogP contribution >= 0.6 is 0 Å². The molecule has 1 aliphatic rings. The van der Waals surface area contributed by atoms with Crippen LogP contribution in [-0.4, -0.2) is 24.1 Å². The third-order valence-corrected chi connectivity index (χ3v) is 1.85. The predicted molar refractivity (Wildman–Crippen MR) is 35.1 cm³/mol. The van der Waals surface area contributed by atoms with E-state index in [0.29, 0.717) is 19.4 Å². The minimum absolute atomic E-state index is 0. The van der Waals surface area contributed by atoms with Gasteiger partial charge in [-0.1, -0.05) is 0 Å². The molecule has 1 heterocycles. The fraction of sp³-hybridized carbons (Fsp3) is 0.833. The second kappa shape index (κ2) is 5.17. The number of carbonyl (C=O) groups excluding carboxylic acids is 1. The minimum atomic E-state index is -1.08. The number of hydrogen-bond donors (Lipinski definition) is 0. The maximum atomic E-state index is 10.3. The summed E-state index contributed by atoms with van der Waals surface area (Å²) >= 11 is 0. The van der Waals surface area contributed by atoms with E-state index in [9.17, 15) is 14.8 Å². The monoisotopic (exact) mass is 164 g/mol. The Morgan fingerprint density at radius 1 is 1.58 bits per heavy atom. The number of hydrogen-bond acceptors (Lipinski definition) is 4. The third kappa shape index (κ3) is 2.84. The van der Waals surface area contributed by atoms with Gasteiger partial charge in [0.25, 0.3) is 0 Å². The first kappa shape index (κ1) is 11.5. The van der Waals surface area contributed by atoms with Crippen LogP contribution in [0.4, 0.5) is 0 Å². The van der Waals surface area contributed by atoms with E-state index in [1.807, 2.05) is 0 Å². The van der Waals surface area contributed by atoms with E-state index in [1.165, 1.54) is 5.01 Å². The second-order valence-corrected chi connectivity index (χ2v) is 2.65. The van der Waals surface area contributed by atoms with E-state index in [2.05, 4.69) is 5.29 Å². The van der Waals surface area contributed by atoms with Crippen LogP contribution in [0.15, 0.2) is 5.29 Å². The summed E-state index contributed by atoms with van der Waals surface area (Å²) in [6.45, 7) is 0.763. The minimum Gasteiger partial charge on any atom is -0.550 e. The smallest absolute Gasteiger partial charge is 0.550 e. The maximum absolute atomic E-state index is 10.3. The van der Waals surface area contributed by atoms with Crippen molar-refractivity contribution >= 4 is 5.97 Å². The van der Waals surface area contributed by atoms with Crippen LogP contribution in [0.3, 0.4) is 0 Å². The Labute approximate surface area is 82.2 Å². The molecule has 62 valence electrons. The SMILES string of the molecule is O=NN1CCCC(C(=O)[O-])C1.[Li+]. The van der Waals surface area contributed by atoms with E-state index in [1.54, 1.807) is 0 Å². The molecule has 0 saturated carbocycles. The average molecular weight is 164 g/mol. The van der Waals surface area contributed by atoms with Crippen molar-refractivity contribution in [1.29, 1.82) is 0 Å². The molecule has 0 bridgehead atoms. The fourth-order valence-corrected chi connectivity index (χ4v) is 1.22. The van der Waals surface area contributed by atoms with Gasteiger partial charge in [0.15, 0.2) is 0 Å². The van der Waals surface area contributed by atoms with Crippen molar-refractivity contribution in [1.82, 2.24) is 5.01 Å². The summed E-state index contributed by atoms with van der Waals surface area (Å²) < 4.78 is 0. The normalized spacial score (nSPS) is 22.7. The molecule has 6 heteroatoms. The number of nitroso groups, excluding NO2 is 1. The third-order valence-electron chi connectivity index (χ3n) is 1.85. The fourth-order valence-electron chi connectivity index (χ4n) is 1.22. The molecule has 1 aliphatic heterocycles. The zero-order chi connectivity index (χ0) is 8.27. The van der Waals surface area contributed by atoms with E-state index < -0.39 is 11.9 Å². The molecule has 0 aromatic rings. The number of aliphatic carboxylic acids is 1. The van der Waals surface area contributed by atoms with Gasteiger partial charge < -0.3 is 9.90 Å². The summed E-state index contributed by atoms with van der Waals surface area (Å²) in [4.78, 5) is 20.3. The Bertz CT molecular complexity index is 176. The van der Waals surface area contributed by atoms with Gasteiger partial charge in [-0.3, -0.25) is 5.01 Å². The van der Waals surface area contributed by atoms with Crippen LogP contribution in [-0.2, 0) is 4.79 Å². The first-order valence-corrected chi connectivity index (χ1v) is 3.53. The van der Waals surface area contributed by atoms with Gasteiger partial charge in [0.05, 0.1) is 5.29 Å². The van der Waals surface area contributed by atoms with Crippen LogP contribution in [0.5, 0.6) is 0 Å². The van der Waals surface area contributed by atoms with E-state index in [0.717, 1.165) is 0 Å². The summed E-state index contributed by atoms with van der Waals surface area (Å²) in [6, 6.07) is 0. The number of carboxylic acid groups (broad SMARTS) is 1. The number of rotatable bonds is 2. The molecule has 0 amide bonds. The molecule has 1 rings (SSSR count). The Balaban J connectivity index is 0.00000121. The van der Waals surface area contributed by atoms with Crippen LogP contribution in [0.2, 0.25) is 0 Å². The number of nitrogens with zero attached hydrogens (tertiary/aromatic N) is 2. The molecule has 0 aliphatic carbocycles. The molecule has 1 unspecified atom stereocenters. The Hall–Kier alpha value is -0.533. The number of carboxylic acids is 1. The van der Waals surface area contributed by atoms with Crippen LogP contribution < -0.4 is 24.0 Å². The molecule has 0 spiro atoms. The maximum Gasteiger partial charge on any atom is 1.00 e. The Morgan fingerprint density at radius 2 is 2.25 bits per heavy atom. The zero-order valence-corrected chi connectivity index (χ0v) is 7.02. The first-order chi connectivity index (χ1) is 5.24. The average Bonchev–Trinajstić information content (AvgIpc) is 2.05. The van der Waals surface area contributed by atoms with Gasteiger partial charge in [0, 0.05) is 25.0 Å². The molecule has 5 nitrogen and oxygen atoms in total. The summed E-state index contributed by atoms with van der Waals surface area (Å²) in [5.74, 6) is -1.61. The van der Waals surface area contributed by atoms with Crippen LogP contribution in [0, 0.1) is 10.8 Å². The standard InChI is InChI=1S/C6H10N2O3.Li/c9-6(10)5-2-1-3-8(4-5)7-11;/h5H,1-4H2,(H,9,10);/q;+1/p-1. The van der Waals surface area contributed by atoms with E-state index in [-0.39, 0.29) is 25.4 Å². The van der Waals surface area contributed by atoms with Crippen molar-refractivity contribution in [3.63, 3.8) is 0 Å². The van der Waals surface area contributed by atoms with Gasteiger partial charge in [-0.25, -0.2) is 0 Å². The number of piperidine rings is 1. The summed E-state index contributed by atoms with van der Waals surface area (Å²) in [7, 11) is 0. The van der Waals surface area contributed by atoms with Crippen molar-refractivity contribution in [3.05, 3.63) is 4.91 Å². The van der Waals surface area contributed by atoms with Gasteiger partial charge >= 0.3 is 18.9 Å². The van der Waals surface area contributed by atoms with E-state index in [4.69, 9.17) is 0 Å². The molecule has 1 fully saturated rings. The number of carbonyl (C=O) groups is 1. The van der Waals surface area contributed by atoms with Gasteiger partial charge in [-0.15, -0.1) is 4.91 Å². The van der Waals surface area contributed by atoms with Crippen molar-refractivity contribution < 1.29 is 28.8 Å². The molecule has 0 aromatic carbocycles. The molecular formula is C6H9LiN2O3. The van der Waals surface area contributed by atoms with Crippen molar-refractivity contribution in [2.24, 2.45) is 11.2 Å². The molecule has 1 atom stereocenters. The van der Waals surface area contributed by atoms with Crippen LogP contribution in [0.1, 0.15) is 12.8 Å². The van der Waals surface area contributed by atoms with Crippen molar-refractivity contribution in [2.45, 2.75) is 12.8 Å². The Morgan fingerprint density at radius 3 is 2.75 bits per heavy atom. The summed E-state index contributed by atoms with van der Waals surface area (Å²) in [5.41, 5.74) is 0. The molecule has 0 radical (unpaired) electrons. The summed E-state index contributed by atoms with van der Waals surface area (Å²) in [5, 5.41) is 14.2. The second-order valence-electron chi connectivity index (χ2n) is 2.65. The molecule has 0 aromatic heterocycles. The van der Waals surface area contributed by atoms with Gasteiger partial charge in [0.2, 0.25) is 0 Å². The molecule has 0 N–H and O–H groups in total. The predicted octanol–water partition coefficient (Wildman–Crippen LogP) is -3.87. The molecular weight excluding hydrogens is 155 g/mol. The van der Waals surface area contributed by atoms with Gasteiger partial charge in [-0.2, -0.15) is 0 Å². The van der Waals surface area contributed by atoms with Crippen molar-refractivity contribution in [3.8, 4) is 0 Å². The van der Waals surface area contributed by atoms with E-state index >= 15 is 0 Å². The Kier molecular flexibility index (Phi) is 4.94. The first-order valence-electron chi connectivity index (χ1n) is 3.53. The quantitative estimate of drug-likeness (QED) is 0.309. The van der Waals surface area contributed by atoms with Crippen LogP contribution in [0.25, 0.3) is 0 Å². The molecule has 1 saturated heterocycles. The topological polar surface area (TPSA) is 72.8 Å². The molecule has 12 heavy (non-hydrogen) atoms. The van der Waals surface area contributed by atoms with Gasteiger partial charge in [0.1, 0.15) is 0 Å². The zero-order valence-electron chi connectivity index (χ0n) is 7.02. The summed E-state index contributed by atoms with van der Waals surface area (Å²) in [6.07, 6.45) is 1.29. The van der Waals surface area contributed by atoms with Crippen molar-refractivity contribution in [2.75, 3.05) is 13.1 Å². The van der Waals surface area contributed by atoms with Gasteiger partial charge in [-0.05, 0) is 12.8 Å².